The van der Waals surface area contributed by atoms with Gasteiger partial charge in [0.25, 0.3) is 0 Å². The van der Waals surface area contributed by atoms with Crippen LogP contribution in [0.1, 0.15) is 5.56 Å². The van der Waals surface area contributed by atoms with Crippen LogP contribution in [0.4, 0.5) is 10.1 Å². The van der Waals surface area contributed by atoms with E-state index in [2.05, 4.69) is 4.90 Å². The third kappa shape index (κ3) is 3.73. The van der Waals surface area contributed by atoms with E-state index in [-0.39, 0.29) is 11.5 Å². The molecule has 1 fully saturated rings. The molecule has 1 aliphatic heterocycles. The molecule has 1 atom stereocenters. The largest absolute Gasteiger partial charge is 0.396 e. The number of halogens is 1. The number of rotatable bonds is 4. The third-order valence-electron chi connectivity index (χ3n) is 3.15. The summed E-state index contributed by atoms with van der Waals surface area (Å²) in [5, 5.41) is 0. The SMILES string of the molecule is COS(=O)N1CCN(Cc2ccc(F)c(N)c2)CC1. The number of nitrogens with two attached hydrogens (primary N) is 1. The zero-order chi connectivity index (χ0) is 13.8. The highest BCUT2D eigenvalue weighted by Gasteiger charge is 2.21. The van der Waals surface area contributed by atoms with E-state index in [4.69, 9.17) is 9.92 Å². The van der Waals surface area contributed by atoms with Crippen LogP contribution in [0.5, 0.6) is 0 Å². The Morgan fingerprint density at radius 2 is 2.05 bits per heavy atom. The van der Waals surface area contributed by atoms with Gasteiger partial charge in [-0.05, 0) is 17.7 Å². The van der Waals surface area contributed by atoms with E-state index in [0.717, 1.165) is 25.2 Å². The van der Waals surface area contributed by atoms with Gasteiger partial charge in [-0.2, -0.15) is 4.31 Å². The van der Waals surface area contributed by atoms with E-state index in [9.17, 15) is 8.60 Å². The molecule has 106 valence electrons. The summed E-state index contributed by atoms with van der Waals surface area (Å²) in [6, 6.07) is 4.79. The Morgan fingerprint density at radius 1 is 1.37 bits per heavy atom. The normalized spacial score (nSPS) is 19.5. The summed E-state index contributed by atoms with van der Waals surface area (Å²) in [5.41, 5.74) is 6.71. The van der Waals surface area contributed by atoms with E-state index in [1.54, 1.807) is 16.4 Å². The monoisotopic (exact) mass is 287 g/mol. The molecular formula is C12H18FN3O2S. The van der Waals surface area contributed by atoms with E-state index in [1.807, 2.05) is 0 Å². The molecule has 2 N–H and O–H groups in total. The Labute approximate surface area is 114 Å². The van der Waals surface area contributed by atoms with Crippen LogP contribution >= 0.6 is 0 Å². The second-order valence-electron chi connectivity index (χ2n) is 4.44. The molecule has 1 unspecified atom stereocenters. The van der Waals surface area contributed by atoms with E-state index in [0.29, 0.717) is 13.1 Å². The van der Waals surface area contributed by atoms with Crippen LogP contribution in [0, 0.1) is 5.82 Å². The molecule has 0 spiro atoms. The standard InChI is InChI=1S/C12H18FN3O2S/c1-18-19(17)16-6-4-15(5-7-16)9-10-2-3-11(13)12(14)8-10/h2-3,8H,4-7,9,14H2,1H3. The molecule has 0 saturated carbocycles. The van der Waals surface area contributed by atoms with Crippen molar-refractivity contribution in [3.63, 3.8) is 0 Å². The van der Waals surface area contributed by atoms with Gasteiger partial charge in [-0.25, -0.2) is 8.60 Å². The zero-order valence-corrected chi connectivity index (χ0v) is 11.7. The van der Waals surface area contributed by atoms with Gasteiger partial charge >= 0.3 is 0 Å². The van der Waals surface area contributed by atoms with Gasteiger partial charge in [0.15, 0.2) is 0 Å². The number of nitrogens with zero attached hydrogens (tertiary/aromatic N) is 2. The maximum atomic E-state index is 13.1. The lowest BCUT2D eigenvalue weighted by Gasteiger charge is -2.32. The highest BCUT2D eigenvalue weighted by atomic mass is 32.2. The van der Waals surface area contributed by atoms with Crippen LogP contribution in [0.3, 0.4) is 0 Å². The molecule has 0 radical (unpaired) electrons. The van der Waals surface area contributed by atoms with E-state index in [1.165, 1.54) is 13.2 Å². The summed E-state index contributed by atoms with van der Waals surface area (Å²) >= 11 is -1.34. The predicted octanol–water partition coefficient (Wildman–Crippen LogP) is 0.751. The van der Waals surface area contributed by atoms with Crippen molar-refractivity contribution in [2.45, 2.75) is 6.54 Å². The lowest BCUT2D eigenvalue weighted by Crippen LogP contribution is -2.46. The molecule has 1 aromatic rings. The van der Waals surface area contributed by atoms with Crippen molar-refractivity contribution in [3.05, 3.63) is 29.6 Å². The van der Waals surface area contributed by atoms with Crippen LogP contribution in [0.25, 0.3) is 0 Å². The minimum absolute atomic E-state index is 0.177. The number of nitrogen functional groups attached to an aromatic ring is 1. The van der Waals surface area contributed by atoms with Crippen molar-refractivity contribution < 1.29 is 12.8 Å². The van der Waals surface area contributed by atoms with Crippen molar-refractivity contribution in [2.75, 3.05) is 39.0 Å². The van der Waals surface area contributed by atoms with Gasteiger partial charge in [0, 0.05) is 32.7 Å². The Hall–Kier alpha value is -1.02. The Balaban J connectivity index is 1.88. The van der Waals surface area contributed by atoms with Crippen LogP contribution < -0.4 is 5.73 Å². The fraction of sp³-hybridized carbons (Fsp3) is 0.500. The molecule has 1 saturated heterocycles. The van der Waals surface area contributed by atoms with Crippen molar-refractivity contribution >= 4 is 17.0 Å². The van der Waals surface area contributed by atoms with Gasteiger partial charge in [0.05, 0.1) is 12.8 Å². The highest BCUT2D eigenvalue weighted by molar-refractivity contribution is 7.77. The second-order valence-corrected chi connectivity index (χ2v) is 5.73. The quantitative estimate of drug-likeness (QED) is 0.830. The Kier molecular flexibility index (Phi) is 4.87. The van der Waals surface area contributed by atoms with Crippen LogP contribution in [-0.2, 0) is 22.0 Å². The topological polar surface area (TPSA) is 58.8 Å². The van der Waals surface area contributed by atoms with Crippen LogP contribution in [0.15, 0.2) is 18.2 Å². The summed E-state index contributed by atoms with van der Waals surface area (Å²) < 4.78 is 31.1. The predicted molar refractivity (Wildman–Crippen MR) is 72.8 cm³/mol. The van der Waals surface area contributed by atoms with Gasteiger partial charge in [-0.15, -0.1) is 0 Å². The fourth-order valence-corrected chi connectivity index (χ4v) is 2.76. The molecule has 0 amide bonds. The van der Waals surface area contributed by atoms with Crippen molar-refractivity contribution in [1.82, 2.24) is 9.21 Å². The van der Waals surface area contributed by atoms with E-state index >= 15 is 0 Å². The molecule has 7 heteroatoms. The number of benzene rings is 1. The summed E-state index contributed by atoms with van der Waals surface area (Å²) in [5.74, 6) is -0.385. The summed E-state index contributed by atoms with van der Waals surface area (Å²) in [6.07, 6.45) is 0. The van der Waals surface area contributed by atoms with Gasteiger partial charge in [-0.3, -0.25) is 9.08 Å². The van der Waals surface area contributed by atoms with Crippen LogP contribution in [-0.4, -0.2) is 46.7 Å². The molecule has 0 aromatic heterocycles. The van der Waals surface area contributed by atoms with Gasteiger partial charge in [0.2, 0.25) is 11.3 Å². The van der Waals surface area contributed by atoms with Crippen molar-refractivity contribution in [2.24, 2.45) is 0 Å². The lowest BCUT2D eigenvalue weighted by atomic mass is 10.1. The fourth-order valence-electron chi connectivity index (χ4n) is 2.09. The van der Waals surface area contributed by atoms with Crippen LogP contribution in [0.2, 0.25) is 0 Å². The average molecular weight is 287 g/mol. The smallest absolute Gasteiger partial charge is 0.236 e. The van der Waals surface area contributed by atoms with E-state index < -0.39 is 11.3 Å². The first kappa shape index (κ1) is 14.4. The maximum absolute atomic E-state index is 13.1. The molecule has 1 aliphatic rings. The minimum Gasteiger partial charge on any atom is -0.396 e. The molecule has 1 aromatic carbocycles. The molecule has 0 aliphatic carbocycles. The number of hydrogen-bond donors (Lipinski definition) is 1. The molecule has 19 heavy (non-hydrogen) atoms. The Morgan fingerprint density at radius 3 is 2.63 bits per heavy atom. The van der Waals surface area contributed by atoms with Gasteiger partial charge < -0.3 is 5.73 Å². The molecule has 0 bridgehead atoms. The molecule has 5 nitrogen and oxygen atoms in total. The van der Waals surface area contributed by atoms with Crippen molar-refractivity contribution in [1.29, 1.82) is 0 Å². The number of piperazine rings is 1. The van der Waals surface area contributed by atoms with Gasteiger partial charge in [-0.1, -0.05) is 6.07 Å². The number of anilines is 1. The lowest BCUT2D eigenvalue weighted by molar-refractivity contribution is 0.177. The average Bonchev–Trinajstić information content (AvgIpc) is 2.43. The van der Waals surface area contributed by atoms with Gasteiger partial charge in [0.1, 0.15) is 5.82 Å². The summed E-state index contributed by atoms with van der Waals surface area (Å²) in [4.78, 5) is 2.22. The van der Waals surface area contributed by atoms with Crippen molar-refractivity contribution in [3.8, 4) is 0 Å². The first-order valence-electron chi connectivity index (χ1n) is 6.07. The molecular weight excluding hydrogens is 269 g/mol. The molecule has 1 heterocycles. The number of hydrogen-bond acceptors (Lipinski definition) is 4. The molecule has 2 rings (SSSR count). The minimum atomic E-state index is -1.34. The summed E-state index contributed by atoms with van der Waals surface area (Å²) in [7, 11) is 1.43. The maximum Gasteiger partial charge on any atom is 0.236 e. The first-order chi connectivity index (χ1) is 9.10. The zero-order valence-electron chi connectivity index (χ0n) is 10.8. The highest BCUT2D eigenvalue weighted by Crippen LogP contribution is 2.15. The third-order valence-corrected chi connectivity index (χ3v) is 4.22. The second kappa shape index (κ2) is 6.42. The summed E-state index contributed by atoms with van der Waals surface area (Å²) in [6.45, 7) is 3.70. The first-order valence-corrected chi connectivity index (χ1v) is 7.11. The Bertz CT molecular complexity index is 464.